The highest BCUT2D eigenvalue weighted by atomic mass is 16.2. The van der Waals surface area contributed by atoms with Crippen LogP contribution >= 0.6 is 0 Å². The van der Waals surface area contributed by atoms with E-state index in [4.69, 9.17) is 0 Å². The van der Waals surface area contributed by atoms with Gasteiger partial charge in [-0.1, -0.05) is 0 Å². The van der Waals surface area contributed by atoms with E-state index in [1.807, 2.05) is 9.80 Å². The van der Waals surface area contributed by atoms with Gasteiger partial charge in [0.05, 0.1) is 0 Å². The molecular formula is C46H60N14O8. The average molecular weight is 937 g/mol. The summed E-state index contributed by atoms with van der Waals surface area (Å²) in [4.78, 5) is 121. The zero-order chi connectivity index (χ0) is 48.6. The first-order chi connectivity index (χ1) is 33.1. The molecular weight excluding hydrogens is 877 g/mol. The van der Waals surface area contributed by atoms with Crippen molar-refractivity contribution in [2.45, 2.75) is 25.7 Å². The molecule has 0 atom stereocenters. The molecule has 0 aliphatic heterocycles. The smallest absolute Gasteiger partial charge is 0.251 e. The second-order valence-corrected chi connectivity index (χ2v) is 15.1. The molecule has 0 saturated heterocycles. The number of carbonyl (C=O) groups excluding carboxylic acids is 8. The molecule has 4 heterocycles. The lowest BCUT2D eigenvalue weighted by molar-refractivity contribution is -0.123. The van der Waals surface area contributed by atoms with Crippen molar-refractivity contribution in [3.8, 4) is 0 Å². The molecule has 0 aliphatic carbocycles. The van der Waals surface area contributed by atoms with E-state index in [-0.39, 0.29) is 151 Å². The van der Waals surface area contributed by atoms with Crippen molar-refractivity contribution in [1.29, 1.82) is 0 Å². The van der Waals surface area contributed by atoms with Crippen LogP contribution in [0.1, 0.15) is 67.1 Å². The van der Waals surface area contributed by atoms with Crippen molar-refractivity contribution in [3.63, 3.8) is 0 Å². The first-order valence-electron chi connectivity index (χ1n) is 22.3. The van der Waals surface area contributed by atoms with Crippen LogP contribution in [0.3, 0.4) is 0 Å². The SMILES string of the molecule is O=C(CCN(CCC(=O)NCCNC(=O)c1ccncc1)CCN(CCC(=O)NCCNC(=O)c1ccncc1)CCC(=O)NCCNC(=O)c1ccncc1)NCCNC(=O)c1ccncc1. The van der Waals surface area contributed by atoms with E-state index in [1.165, 1.54) is 49.6 Å². The molecule has 0 spiro atoms. The maximum Gasteiger partial charge on any atom is 0.251 e. The van der Waals surface area contributed by atoms with Crippen molar-refractivity contribution in [2.75, 3.05) is 91.6 Å². The molecule has 8 amide bonds. The Morgan fingerprint density at radius 2 is 0.485 bits per heavy atom. The maximum atomic E-state index is 12.9. The van der Waals surface area contributed by atoms with Gasteiger partial charge in [-0.3, -0.25) is 58.3 Å². The zero-order valence-corrected chi connectivity index (χ0v) is 37.9. The van der Waals surface area contributed by atoms with E-state index in [0.29, 0.717) is 35.3 Å². The minimum atomic E-state index is -0.294. The third-order valence-corrected chi connectivity index (χ3v) is 10.1. The van der Waals surface area contributed by atoms with Crippen LogP contribution in [-0.4, -0.2) is 169 Å². The van der Waals surface area contributed by atoms with Gasteiger partial charge in [0.15, 0.2) is 0 Å². The van der Waals surface area contributed by atoms with Gasteiger partial charge in [-0.2, -0.15) is 0 Å². The van der Waals surface area contributed by atoms with Crippen LogP contribution < -0.4 is 42.5 Å². The van der Waals surface area contributed by atoms with Gasteiger partial charge in [-0.25, -0.2) is 0 Å². The summed E-state index contributed by atoms with van der Waals surface area (Å²) < 4.78 is 0. The molecule has 362 valence electrons. The minimum absolute atomic E-state index is 0.0845. The Bertz CT molecular complexity index is 1890. The molecule has 0 bridgehead atoms. The number of nitrogens with zero attached hydrogens (tertiary/aromatic N) is 6. The van der Waals surface area contributed by atoms with Gasteiger partial charge in [0.2, 0.25) is 23.6 Å². The zero-order valence-electron chi connectivity index (χ0n) is 37.9. The Morgan fingerprint density at radius 3 is 0.691 bits per heavy atom. The van der Waals surface area contributed by atoms with Gasteiger partial charge >= 0.3 is 0 Å². The van der Waals surface area contributed by atoms with Crippen LogP contribution in [0.4, 0.5) is 0 Å². The predicted molar refractivity (Wildman–Crippen MR) is 250 cm³/mol. The number of rotatable bonds is 31. The summed E-state index contributed by atoms with van der Waals surface area (Å²) in [6.07, 6.45) is 12.4. The van der Waals surface area contributed by atoms with Gasteiger partial charge in [0, 0.05) is 189 Å². The third-order valence-electron chi connectivity index (χ3n) is 10.1. The molecule has 0 radical (unpaired) electrons. The molecule has 8 N–H and O–H groups in total. The van der Waals surface area contributed by atoms with Crippen molar-refractivity contribution < 1.29 is 38.4 Å². The van der Waals surface area contributed by atoms with Crippen LogP contribution in [0.25, 0.3) is 0 Å². The van der Waals surface area contributed by atoms with Crippen molar-refractivity contribution >= 4 is 47.3 Å². The Kier molecular flexibility index (Phi) is 24.3. The Morgan fingerprint density at radius 1 is 0.294 bits per heavy atom. The monoisotopic (exact) mass is 936 g/mol. The molecule has 0 aliphatic rings. The van der Waals surface area contributed by atoms with E-state index < -0.39 is 0 Å². The summed E-state index contributed by atoms with van der Waals surface area (Å²) >= 11 is 0. The molecule has 4 rings (SSSR count). The summed E-state index contributed by atoms with van der Waals surface area (Å²) in [6, 6.07) is 12.7. The molecule has 68 heavy (non-hydrogen) atoms. The van der Waals surface area contributed by atoms with E-state index in [0.717, 1.165) is 0 Å². The molecule has 22 nitrogen and oxygen atoms in total. The van der Waals surface area contributed by atoms with Gasteiger partial charge in [-0.05, 0) is 48.5 Å². The standard InChI is InChI=1S/C46H60N14O8/c61-39(51-21-25-55-43(65)35-1-13-47-14-2-35)9-29-59(30-10-40(62)52-22-26-56-44(66)36-3-15-48-16-4-36)33-34-60(31-11-41(63)53-23-27-57-45(67)37-5-17-49-18-6-37)32-12-42(64)54-24-28-58-46(68)38-7-19-50-20-8-38/h1-8,13-20H,9-12,21-34H2,(H,51,61)(H,52,62)(H,53,63)(H,54,64)(H,55,65)(H,56,66)(H,57,67)(H,58,68). The quantitative estimate of drug-likeness (QED) is 0.0279. The number of hydrogen-bond acceptors (Lipinski definition) is 14. The van der Waals surface area contributed by atoms with Gasteiger partial charge in [0.25, 0.3) is 23.6 Å². The highest BCUT2D eigenvalue weighted by molar-refractivity contribution is 5.95. The summed E-state index contributed by atoms with van der Waals surface area (Å²) in [5.74, 6) is -2.22. The molecule has 4 aromatic rings. The van der Waals surface area contributed by atoms with Gasteiger partial charge in [-0.15, -0.1) is 0 Å². The van der Waals surface area contributed by atoms with Gasteiger partial charge in [0.1, 0.15) is 0 Å². The second-order valence-electron chi connectivity index (χ2n) is 15.1. The van der Waals surface area contributed by atoms with Crippen LogP contribution in [0, 0.1) is 0 Å². The fourth-order valence-electron chi connectivity index (χ4n) is 6.28. The summed E-state index contributed by atoms with van der Waals surface area (Å²) in [5.41, 5.74) is 1.78. The number of pyridine rings is 4. The number of amides is 8. The van der Waals surface area contributed by atoms with Crippen LogP contribution in [0.2, 0.25) is 0 Å². The van der Waals surface area contributed by atoms with E-state index in [9.17, 15) is 38.4 Å². The van der Waals surface area contributed by atoms with Crippen molar-refractivity contribution in [1.82, 2.24) is 72.3 Å². The number of carbonyl (C=O) groups is 8. The number of hydrogen-bond donors (Lipinski definition) is 8. The summed E-state index contributed by atoms with van der Waals surface area (Å²) in [6.45, 7) is 3.44. The number of aromatic nitrogens is 4. The fourth-order valence-corrected chi connectivity index (χ4v) is 6.28. The first-order valence-corrected chi connectivity index (χ1v) is 22.3. The lowest BCUT2D eigenvalue weighted by Gasteiger charge is -2.27. The van der Waals surface area contributed by atoms with Crippen LogP contribution in [0.15, 0.2) is 98.1 Å². The normalized spacial score (nSPS) is 10.7. The molecule has 0 fully saturated rings. The lowest BCUT2D eigenvalue weighted by atomic mass is 10.2. The maximum absolute atomic E-state index is 12.9. The highest BCUT2D eigenvalue weighted by Crippen LogP contribution is 2.03. The largest absolute Gasteiger partial charge is 0.354 e. The van der Waals surface area contributed by atoms with Crippen LogP contribution in [-0.2, 0) is 19.2 Å². The van der Waals surface area contributed by atoms with Gasteiger partial charge < -0.3 is 52.3 Å². The summed E-state index contributed by atoms with van der Waals surface area (Å²) in [5, 5.41) is 22.2. The third kappa shape index (κ3) is 22.0. The molecule has 0 aromatic carbocycles. The topological polar surface area (TPSA) is 291 Å². The average Bonchev–Trinajstić information content (AvgIpc) is 3.37. The van der Waals surface area contributed by atoms with Crippen molar-refractivity contribution in [3.05, 3.63) is 120 Å². The Hall–Kier alpha value is -7.72. The molecule has 0 saturated carbocycles. The minimum Gasteiger partial charge on any atom is -0.354 e. The molecule has 0 unspecified atom stereocenters. The number of nitrogens with one attached hydrogen (secondary N) is 8. The molecule has 22 heteroatoms. The van der Waals surface area contributed by atoms with Crippen molar-refractivity contribution in [2.24, 2.45) is 0 Å². The fraction of sp³-hybridized carbons (Fsp3) is 0.391. The van der Waals surface area contributed by atoms with E-state index in [1.54, 1.807) is 48.5 Å². The Balaban J connectivity index is 1.29. The first kappa shape index (κ1) is 52.9. The lowest BCUT2D eigenvalue weighted by Crippen LogP contribution is -2.42. The summed E-state index contributed by atoms with van der Waals surface area (Å²) in [7, 11) is 0. The van der Waals surface area contributed by atoms with E-state index in [2.05, 4.69) is 62.5 Å². The van der Waals surface area contributed by atoms with E-state index >= 15 is 0 Å². The Labute approximate surface area is 394 Å². The second kappa shape index (κ2) is 31.2. The highest BCUT2D eigenvalue weighted by Gasteiger charge is 2.17. The van der Waals surface area contributed by atoms with Crippen LogP contribution in [0.5, 0.6) is 0 Å². The predicted octanol–water partition coefficient (Wildman–Crippen LogP) is -1.08. The molecule has 4 aromatic heterocycles.